The number of anilines is 1. The smallest absolute Gasteiger partial charge is 0.416 e. The third kappa shape index (κ3) is 5.40. The number of aromatic amines is 1. The maximum atomic E-state index is 12.6. The number of benzene rings is 2. The molecule has 0 saturated heterocycles. The molecule has 0 bridgehead atoms. The van der Waals surface area contributed by atoms with Gasteiger partial charge in [0.1, 0.15) is 12.4 Å². The van der Waals surface area contributed by atoms with Gasteiger partial charge in [-0.25, -0.2) is 0 Å². The van der Waals surface area contributed by atoms with Crippen LogP contribution in [0.25, 0.3) is 10.9 Å². The molecule has 1 heterocycles. The number of allylic oxidation sites excluding steroid dienone is 1. The first-order valence-corrected chi connectivity index (χ1v) is 9.06. The standard InChI is InChI=1S/C22H21F3N2O2/c1-14(2)3-10-21(28)27-20-12-26-19-9-8-17(11-18(19)20)29-13-15-4-6-16(7-5-15)22(23,24)25/h4-9,11-12,26H,1,3,10,13H2,2H3,(H,27,28). The zero-order valence-electron chi connectivity index (χ0n) is 15.9. The molecule has 0 atom stereocenters. The minimum Gasteiger partial charge on any atom is -0.489 e. The summed E-state index contributed by atoms with van der Waals surface area (Å²) in [6.45, 7) is 5.80. The van der Waals surface area contributed by atoms with Gasteiger partial charge in [-0.3, -0.25) is 4.79 Å². The second-order valence-electron chi connectivity index (χ2n) is 6.90. The lowest BCUT2D eigenvalue weighted by Gasteiger charge is -2.10. The Balaban J connectivity index is 1.67. The molecule has 2 aromatic carbocycles. The average Bonchev–Trinajstić information content (AvgIpc) is 3.06. The van der Waals surface area contributed by atoms with Crippen LogP contribution in [0, 0.1) is 0 Å². The van der Waals surface area contributed by atoms with E-state index in [2.05, 4.69) is 16.9 Å². The largest absolute Gasteiger partial charge is 0.489 e. The topological polar surface area (TPSA) is 54.1 Å². The highest BCUT2D eigenvalue weighted by atomic mass is 19.4. The quantitative estimate of drug-likeness (QED) is 0.472. The van der Waals surface area contributed by atoms with Gasteiger partial charge >= 0.3 is 6.18 Å². The third-order valence-corrected chi connectivity index (χ3v) is 4.39. The summed E-state index contributed by atoms with van der Waals surface area (Å²) in [6, 6.07) is 10.2. The number of hydrogen-bond donors (Lipinski definition) is 2. The number of H-pyrrole nitrogens is 1. The molecule has 152 valence electrons. The van der Waals surface area contributed by atoms with Crippen molar-refractivity contribution in [3.05, 3.63) is 71.9 Å². The van der Waals surface area contributed by atoms with E-state index in [0.29, 0.717) is 29.8 Å². The van der Waals surface area contributed by atoms with Crippen molar-refractivity contribution < 1.29 is 22.7 Å². The Morgan fingerprint density at radius 2 is 1.86 bits per heavy atom. The zero-order chi connectivity index (χ0) is 21.0. The lowest BCUT2D eigenvalue weighted by Crippen LogP contribution is -2.10. The van der Waals surface area contributed by atoms with E-state index < -0.39 is 11.7 Å². The zero-order valence-corrected chi connectivity index (χ0v) is 15.9. The Kier molecular flexibility index (Phi) is 5.96. The fourth-order valence-corrected chi connectivity index (χ4v) is 2.79. The average molecular weight is 402 g/mol. The molecular weight excluding hydrogens is 381 g/mol. The molecule has 4 nitrogen and oxygen atoms in total. The number of halogens is 3. The molecule has 0 aliphatic heterocycles. The van der Waals surface area contributed by atoms with Gasteiger partial charge in [-0.1, -0.05) is 17.7 Å². The summed E-state index contributed by atoms with van der Waals surface area (Å²) in [6.07, 6.45) is -1.67. The molecule has 0 aliphatic rings. The molecule has 7 heteroatoms. The molecule has 0 saturated carbocycles. The Hall–Kier alpha value is -3.22. The number of amides is 1. The van der Waals surface area contributed by atoms with E-state index >= 15 is 0 Å². The maximum Gasteiger partial charge on any atom is 0.416 e. The van der Waals surface area contributed by atoms with Crippen LogP contribution >= 0.6 is 0 Å². The van der Waals surface area contributed by atoms with Crippen molar-refractivity contribution in [3.8, 4) is 5.75 Å². The number of carbonyl (C=O) groups excluding carboxylic acids is 1. The second kappa shape index (κ2) is 8.43. The van der Waals surface area contributed by atoms with Crippen LogP contribution in [0.4, 0.5) is 18.9 Å². The summed E-state index contributed by atoms with van der Waals surface area (Å²) >= 11 is 0. The Morgan fingerprint density at radius 3 is 2.52 bits per heavy atom. The molecule has 1 amide bonds. The number of rotatable bonds is 7. The summed E-state index contributed by atoms with van der Waals surface area (Å²) in [5.74, 6) is 0.444. The lowest BCUT2D eigenvalue weighted by molar-refractivity contribution is -0.137. The molecule has 0 aliphatic carbocycles. The molecular formula is C22H21F3N2O2. The van der Waals surface area contributed by atoms with E-state index in [1.54, 1.807) is 18.3 Å². The van der Waals surface area contributed by atoms with Crippen LogP contribution in [0.3, 0.4) is 0 Å². The van der Waals surface area contributed by atoms with Crippen LogP contribution in [0.5, 0.6) is 5.75 Å². The van der Waals surface area contributed by atoms with Crippen molar-refractivity contribution in [1.29, 1.82) is 0 Å². The van der Waals surface area contributed by atoms with Crippen LogP contribution in [-0.2, 0) is 17.6 Å². The van der Waals surface area contributed by atoms with Crippen molar-refractivity contribution in [2.24, 2.45) is 0 Å². The third-order valence-electron chi connectivity index (χ3n) is 4.39. The second-order valence-corrected chi connectivity index (χ2v) is 6.90. The minimum atomic E-state index is -4.36. The molecule has 0 radical (unpaired) electrons. The molecule has 0 fully saturated rings. The first-order valence-electron chi connectivity index (χ1n) is 9.06. The van der Waals surface area contributed by atoms with E-state index in [-0.39, 0.29) is 12.5 Å². The molecule has 0 unspecified atom stereocenters. The Bertz CT molecular complexity index is 1020. The number of ether oxygens (including phenoxy) is 1. The number of nitrogens with one attached hydrogen (secondary N) is 2. The monoisotopic (exact) mass is 402 g/mol. The predicted molar refractivity (Wildman–Crippen MR) is 107 cm³/mol. The maximum absolute atomic E-state index is 12.6. The summed E-state index contributed by atoms with van der Waals surface area (Å²) in [7, 11) is 0. The van der Waals surface area contributed by atoms with Crippen LogP contribution in [0.1, 0.15) is 30.9 Å². The van der Waals surface area contributed by atoms with Crippen LogP contribution in [0.15, 0.2) is 60.8 Å². The molecule has 1 aromatic heterocycles. The van der Waals surface area contributed by atoms with Crippen molar-refractivity contribution in [2.75, 3.05) is 5.32 Å². The van der Waals surface area contributed by atoms with Crippen molar-refractivity contribution >= 4 is 22.5 Å². The van der Waals surface area contributed by atoms with Gasteiger partial charge in [0.05, 0.1) is 11.3 Å². The van der Waals surface area contributed by atoms with Gasteiger partial charge in [0.25, 0.3) is 0 Å². The highest BCUT2D eigenvalue weighted by Crippen LogP contribution is 2.30. The fraction of sp³-hybridized carbons (Fsp3) is 0.227. The lowest BCUT2D eigenvalue weighted by atomic mass is 10.1. The van der Waals surface area contributed by atoms with E-state index in [4.69, 9.17) is 4.74 Å². The van der Waals surface area contributed by atoms with E-state index in [1.165, 1.54) is 12.1 Å². The predicted octanol–water partition coefficient (Wildman–Crippen LogP) is 6.06. The summed E-state index contributed by atoms with van der Waals surface area (Å²) in [5, 5.41) is 3.66. The van der Waals surface area contributed by atoms with Crippen LogP contribution in [-0.4, -0.2) is 10.9 Å². The van der Waals surface area contributed by atoms with Crippen LogP contribution in [0.2, 0.25) is 0 Å². The highest BCUT2D eigenvalue weighted by molar-refractivity contribution is 6.02. The number of fused-ring (bicyclic) bond motifs is 1. The number of carbonyl (C=O) groups is 1. The van der Waals surface area contributed by atoms with Crippen molar-refractivity contribution in [3.63, 3.8) is 0 Å². The summed E-state index contributed by atoms with van der Waals surface area (Å²) in [5.41, 5.74) is 2.36. The molecule has 3 aromatic rings. The van der Waals surface area contributed by atoms with Gasteiger partial charge in [0.15, 0.2) is 0 Å². The number of aromatic nitrogens is 1. The molecule has 0 spiro atoms. The van der Waals surface area contributed by atoms with E-state index in [0.717, 1.165) is 28.6 Å². The molecule has 3 rings (SSSR count). The van der Waals surface area contributed by atoms with Gasteiger partial charge in [-0.05, 0) is 49.2 Å². The summed E-state index contributed by atoms with van der Waals surface area (Å²) < 4.78 is 43.6. The highest BCUT2D eigenvalue weighted by Gasteiger charge is 2.29. The van der Waals surface area contributed by atoms with E-state index in [9.17, 15) is 18.0 Å². The SMILES string of the molecule is C=C(C)CCC(=O)Nc1c[nH]c2ccc(OCc3ccc(C(F)(F)F)cc3)cc12. The van der Waals surface area contributed by atoms with E-state index in [1.807, 2.05) is 13.0 Å². The van der Waals surface area contributed by atoms with Crippen molar-refractivity contribution in [2.45, 2.75) is 32.5 Å². The van der Waals surface area contributed by atoms with Crippen LogP contribution < -0.4 is 10.1 Å². The van der Waals surface area contributed by atoms with Crippen molar-refractivity contribution in [1.82, 2.24) is 4.98 Å². The Labute approximate surface area is 166 Å². The van der Waals surface area contributed by atoms with Gasteiger partial charge in [0, 0.05) is 23.5 Å². The van der Waals surface area contributed by atoms with Gasteiger partial charge in [-0.2, -0.15) is 13.2 Å². The first kappa shape index (κ1) is 20.5. The normalized spacial score (nSPS) is 11.4. The number of alkyl halides is 3. The fourth-order valence-electron chi connectivity index (χ4n) is 2.79. The minimum absolute atomic E-state index is 0.107. The number of hydrogen-bond acceptors (Lipinski definition) is 2. The van der Waals surface area contributed by atoms with Gasteiger partial charge in [0.2, 0.25) is 5.91 Å². The molecule has 2 N–H and O–H groups in total. The Morgan fingerprint density at radius 1 is 1.14 bits per heavy atom. The molecule has 29 heavy (non-hydrogen) atoms. The van der Waals surface area contributed by atoms with Gasteiger partial charge < -0.3 is 15.0 Å². The van der Waals surface area contributed by atoms with Gasteiger partial charge in [-0.15, -0.1) is 6.58 Å². The summed E-state index contributed by atoms with van der Waals surface area (Å²) in [4.78, 5) is 15.2. The first-order chi connectivity index (χ1) is 13.7.